The van der Waals surface area contributed by atoms with Gasteiger partial charge >= 0.3 is 11.9 Å². The Labute approximate surface area is 188 Å². The lowest BCUT2D eigenvalue weighted by Crippen LogP contribution is -2.17. The maximum absolute atomic E-state index is 12.5. The Morgan fingerprint density at radius 2 is 1.87 bits per heavy atom. The van der Waals surface area contributed by atoms with Crippen LogP contribution in [0, 0.1) is 0 Å². The Balaban J connectivity index is 1.67. The number of nitrogens with two attached hydrogens (primary N) is 1. The van der Waals surface area contributed by atoms with Crippen LogP contribution in [0.4, 0.5) is 10.8 Å². The fourth-order valence-corrected chi connectivity index (χ4v) is 5.10. The minimum absolute atomic E-state index is 0.00751. The quantitative estimate of drug-likeness (QED) is 0.343. The Kier molecular flexibility index (Phi) is 7.85. The molecule has 2 aromatic rings. The van der Waals surface area contributed by atoms with E-state index in [2.05, 4.69) is 15.3 Å². The summed E-state index contributed by atoms with van der Waals surface area (Å²) in [6, 6.07) is 0. The summed E-state index contributed by atoms with van der Waals surface area (Å²) in [5.41, 5.74) is 7.35. The van der Waals surface area contributed by atoms with E-state index in [0.29, 0.717) is 10.6 Å². The second kappa shape index (κ2) is 10.6. The van der Waals surface area contributed by atoms with Crippen molar-refractivity contribution < 1.29 is 23.9 Å². The van der Waals surface area contributed by atoms with Crippen LogP contribution < -0.4 is 11.1 Å². The monoisotopic (exact) mass is 464 g/mol. The highest BCUT2D eigenvalue weighted by atomic mass is 32.2. The maximum Gasteiger partial charge on any atom is 0.343 e. The van der Waals surface area contributed by atoms with Gasteiger partial charge in [0, 0.05) is 11.1 Å². The third-order valence-electron chi connectivity index (χ3n) is 4.53. The molecule has 3 N–H and O–H groups in total. The lowest BCUT2D eigenvalue weighted by atomic mass is 9.95. The highest BCUT2D eigenvalue weighted by Crippen LogP contribution is 2.38. The molecule has 0 aliphatic heterocycles. The molecule has 9 nitrogen and oxygen atoms in total. The lowest BCUT2D eigenvalue weighted by Gasteiger charge is -2.12. The number of esters is 2. The normalized spacial score (nSPS) is 12.7. The zero-order valence-electron chi connectivity index (χ0n) is 17.4. The van der Waals surface area contributed by atoms with Crippen molar-refractivity contribution in [2.75, 3.05) is 30.0 Å². The fourth-order valence-electron chi connectivity index (χ4n) is 3.18. The molecule has 1 amide bonds. The SMILES string of the molecule is CCOC(=O)c1cnc(SCC(=O)Nc2sc3c(c2C(=O)OCC)CCCC3)nc1N. The zero-order chi connectivity index (χ0) is 22.4. The molecule has 1 aliphatic rings. The van der Waals surface area contributed by atoms with Gasteiger partial charge < -0.3 is 20.5 Å². The van der Waals surface area contributed by atoms with Gasteiger partial charge in [0.2, 0.25) is 5.91 Å². The molecule has 0 atom stereocenters. The van der Waals surface area contributed by atoms with Crippen molar-refractivity contribution in [2.45, 2.75) is 44.7 Å². The van der Waals surface area contributed by atoms with Gasteiger partial charge in [-0.25, -0.2) is 19.6 Å². The van der Waals surface area contributed by atoms with Crippen LogP contribution in [0.15, 0.2) is 11.4 Å². The molecule has 31 heavy (non-hydrogen) atoms. The topological polar surface area (TPSA) is 134 Å². The van der Waals surface area contributed by atoms with Crippen LogP contribution in [0.25, 0.3) is 0 Å². The Morgan fingerprint density at radius 3 is 2.58 bits per heavy atom. The first-order chi connectivity index (χ1) is 14.9. The number of hydrogen-bond acceptors (Lipinski definition) is 10. The largest absolute Gasteiger partial charge is 0.462 e. The van der Waals surface area contributed by atoms with Crippen LogP contribution in [0.2, 0.25) is 0 Å². The Hall–Kier alpha value is -2.66. The number of carbonyl (C=O) groups is 3. The predicted molar refractivity (Wildman–Crippen MR) is 119 cm³/mol. The molecule has 2 aromatic heterocycles. The number of rotatable bonds is 8. The number of aromatic nitrogens is 2. The van der Waals surface area contributed by atoms with Crippen LogP contribution in [-0.2, 0) is 27.1 Å². The molecule has 0 spiro atoms. The summed E-state index contributed by atoms with van der Waals surface area (Å²) >= 11 is 2.51. The molecule has 0 aromatic carbocycles. The summed E-state index contributed by atoms with van der Waals surface area (Å²) in [6.45, 7) is 3.93. The minimum atomic E-state index is -0.595. The number of nitrogen functional groups attached to an aromatic ring is 1. The first-order valence-electron chi connectivity index (χ1n) is 9.98. The molecule has 2 heterocycles. The second-order valence-electron chi connectivity index (χ2n) is 6.64. The van der Waals surface area contributed by atoms with Gasteiger partial charge in [0.05, 0.1) is 24.5 Å². The van der Waals surface area contributed by atoms with E-state index in [1.165, 1.54) is 17.5 Å². The van der Waals surface area contributed by atoms with E-state index in [9.17, 15) is 14.4 Å². The van der Waals surface area contributed by atoms with E-state index in [1.54, 1.807) is 13.8 Å². The fraction of sp³-hybridized carbons (Fsp3) is 0.450. The summed E-state index contributed by atoms with van der Waals surface area (Å²) in [6.07, 6.45) is 5.08. The molecule has 166 valence electrons. The average molecular weight is 465 g/mol. The number of ether oxygens (including phenoxy) is 2. The van der Waals surface area contributed by atoms with Crippen LogP contribution >= 0.6 is 23.1 Å². The van der Waals surface area contributed by atoms with E-state index < -0.39 is 11.9 Å². The zero-order valence-corrected chi connectivity index (χ0v) is 19.0. The van der Waals surface area contributed by atoms with Crippen molar-refractivity contribution in [2.24, 2.45) is 0 Å². The molecule has 0 radical (unpaired) electrons. The van der Waals surface area contributed by atoms with E-state index in [1.807, 2.05) is 0 Å². The molecule has 3 rings (SSSR count). The third kappa shape index (κ3) is 5.53. The van der Waals surface area contributed by atoms with Crippen LogP contribution in [-0.4, -0.2) is 46.8 Å². The number of thioether (sulfide) groups is 1. The van der Waals surface area contributed by atoms with Crippen LogP contribution in [0.1, 0.15) is 57.8 Å². The van der Waals surface area contributed by atoms with Crippen molar-refractivity contribution in [3.05, 3.63) is 27.8 Å². The smallest absolute Gasteiger partial charge is 0.343 e. The molecule has 0 saturated heterocycles. The number of fused-ring (bicyclic) bond motifs is 1. The molecule has 0 saturated carbocycles. The first-order valence-corrected chi connectivity index (χ1v) is 11.8. The number of carbonyl (C=O) groups excluding carboxylic acids is 3. The Bertz CT molecular complexity index is 992. The molecule has 0 fully saturated rings. The van der Waals surface area contributed by atoms with Gasteiger partial charge in [-0.15, -0.1) is 11.3 Å². The van der Waals surface area contributed by atoms with Crippen molar-refractivity contribution >= 4 is 51.8 Å². The van der Waals surface area contributed by atoms with E-state index in [-0.39, 0.29) is 41.4 Å². The summed E-state index contributed by atoms with van der Waals surface area (Å²) < 4.78 is 10.1. The number of nitrogens with one attached hydrogen (secondary N) is 1. The van der Waals surface area contributed by atoms with Crippen LogP contribution in [0.5, 0.6) is 0 Å². The molecule has 11 heteroatoms. The van der Waals surface area contributed by atoms with E-state index in [0.717, 1.165) is 47.9 Å². The van der Waals surface area contributed by atoms with Gasteiger partial charge in [0.15, 0.2) is 5.16 Å². The minimum Gasteiger partial charge on any atom is -0.462 e. The van der Waals surface area contributed by atoms with Gasteiger partial charge in [0.25, 0.3) is 0 Å². The standard InChI is InChI=1S/C20H24N4O5S2/c1-3-28-18(26)12-9-22-20(24-16(12)21)30-10-14(25)23-17-15(19(27)29-4-2)11-7-5-6-8-13(11)31-17/h9H,3-8,10H2,1-2H3,(H,23,25)(H2,21,22,24). The number of aryl methyl sites for hydroxylation is 1. The maximum atomic E-state index is 12.5. The van der Waals surface area contributed by atoms with Gasteiger partial charge in [0.1, 0.15) is 16.4 Å². The number of thiophene rings is 1. The molecular weight excluding hydrogens is 440 g/mol. The van der Waals surface area contributed by atoms with Crippen molar-refractivity contribution in [3.63, 3.8) is 0 Å². The van der Waals surface area contributed by atoms with Gasteiger partial charge in [-0.3, -0.25) is 4.79 Å². The lowest BCUT2D eigenvalue weighted by molar-refractivity contribution is -0.113. The van der Waals surface area contributed by atoms with Gasteiger partial charge in [-0.05, 0) is 45.1 Å². The first kappa shape index (κ1) is 23.0. The van der Waals surface area contributed by atoms with E-state index in [4.69, 9.17) is 15.2 Å². The molecule has 1 aliphatic carbocycles. The van der Waals surface area contributed by atoms with E-state index >= 15 is 0 Å². The molecule has 0 bridgehead atoms. The van der Waals surface area contributed by atoms with Crippen LogP contribution in [0.3, 0.4) is 0 Å². The number of hydrogen-bond donors (Lipinski definition) is 2. The molecular formula is C20H24N4O5S2. The average Bonchev–Trinajstić information content (AvgIpc) is 3.10. The molecule has 0 unspecified atom stereocenters. The van der Waals surface area contributed by atoms with Gasteiger partial charge in [-0.2, -0.15) is 0 Å². The summed E-state index contributed by atoms with van der Waals surface area (Å²) in [5, 5.41) is 3.62. The second-order valence-corrected chi connectivity index (χ2v) is 8.69. The van der Waals surface area contributed by atoms with Gasteiger partial charge in [-0.1, -0.05) is 11.8 Å². The number of nitrogens with zero attached hydrogens (tertiary/aromatic N) is 2. The number of amides is 1. The van der Waals surface area contributed by atoms with Crippen molar-refractivity contribution in [3.8, 4) is 0 Å². The number of anilines is 2. The summed E-state index contributed by atoms with van der Waals surface area (Å²) in [7, 11) is 0. The van der Waals surface area contributed by atoms with Crippen molar-refractivity contribution in [1.29, 1.82) is 0 Å². The summed E-state index contributed by atoms with van der Waals surface area (Å²) in [4.78, 5) is 46.0. The Morgan fingerprint density at radius 1 is 1.16 bits per heavy atom. The summed E-state index contributed by atoms with van der Waals surface area (Å²) in [5.74, 6) is -1.29. The van der Waals surface area contributed by atoms with Crippen molar-refractivity contribution in [1.82, 2.24) is 9.97 Å². The third-order valence-corrected chi connectivity index (χ3v) is 6.60. The highest BCUT2D eigenvalue weighted by molar-refractivity contribution is 7.99. The predicted octanol–water partition coefficient (Wildman–Crippen LogP) is 3.08. The highest BCUT2D eigenvalue weighted by Gasteiger charge is 2.27.